The van der Waals surface area contributed by atoms with E-state index in [1.807, 2.05) is 43.0 Å². The Morgan fingerprint density at radius 2 is 1.88 bits per heavy atom. The van der Waals surface area contributed by atoms with E-state index in [4.69, 9.17) is 5.11 Å². The number of hydrogen-bond acceptors (Lipinski definition) is 5. The number of hydrogen-bond donors (Lipinski definition) is 2. The average Bonchev–Trinajstić information content (AvgIpc) is 2.77. The molecule has 2 N–H and O–H groups in total. The number of anilines is 1. The van der Waals surface area contributed by atoms with E-state index in [0.29, 0.717) is 5.70 Å². The SMILES string of the molecule is CC1(C)/C(=C\c2c(O)c(=O)c2=O)N(CCC(=O)O)c2ccccc21. The van der Waals surface area contributed by atoms with Gasteiger partial charge in [-0.15, -0.1) is 0 Å². The second kappa shape index (κ2) is 5.33. The third-order valence-corrected chi connectivity index (χ3v) is 4.55. The number of nitrogens with zero attached hydrogens (tertiary/aromatic N) is 1. The molecular weight excluding hydrogens is 310 g/mol. The van der Waals surface area contributed by atoms with Gasteiger partial charge in [0.05, 0.1) is 12.0 Å². The summed E-state index contributed by atoms with van der Waals surface area (Å²) in [6.45, 7) is 4.15. The second-order valence-corrected chi connectivity index (χ2v) is 6.39. The lowest BCUT2D eigenvalue weighted by Crippen LogP contribution is -2.34. The summed E-state index contributed by atoms with van der Waals surface area (Å²) in [6, 6.07) is 7.60. The van der Waals surface area contributed by atoms with Crippen LogP contribution in [0, 0.1) is 0 Å². The van der Waals surface area contributed by atoms with Gasteiger partial charge >= 0.3 is 5.97 Å². The molecule has 6 heteroatoms. The van der Waals surface area contributed by atoms with E-state index >= 15 is 0 Å². The third kappa shape index (κ3) is 2.22. The van der Waals surface area contributed by atoms with E-state index < -0.39 is 28.0 Å². The zero-order valence-corrected chi connectivity index (χ0v) is 13.4. The van der Waals surface area contributed by atoms with Crippen LogP contribution in [0.4, 0.5) is 5.69 Å². The van der Waals surface area contributed by atoms with Gasteiger partial charge in [0.15, 0.2) is 5.75 Å². The molecule has 0 spiro atoms. The van der Waals surface area contributed by atoms with Crippen molar-refractivity contribution in [2.75, 3.05) is 11.4 Å². The maximum Gasteiger partial charge on any atom is 0.305 e. The van der Waals surface area contributed by atoms with Crippen molar-refractivity contribution in [2.45, 2.75) is 25.7 Å². The Hall–Kier alpha value is -2.89. The fraction of sp³-hybridized carbons (Fsp3) is 0.278. The van der Waals surface area contributed by atoms with Gasteiger partial charge in [0, 0.05) is 23.3 Å². The van der Waals surface area contributed by atoms with Crippen LogP contribution in [0.2, 0.25) is 0 Å². The Morgan fingerprint density at radius 3 is 2.50 bits per heavy atom. The van der Waals surface area contributed by atoms with Crippen LogP contribution in [0.15, 0.2) is 39.6 Å². The molecule has 0 aromatic heterocycles. The first-order valence-corrected chi connectivity index (χ1v) is 7.58. The number of fused-ring (bicyclic) bond motifs is 1. The normalized spacial score (nSPS) is 17.4. The van der Waals surface area contributed by atoms with E-state index in [2.05, 4.69) is 0 Å². The predicted octanol–water partition coefficient (Wildman–Crippen LogP) is 1.60. The van der Waals surface area contributed by atoms with Crippen LogP contribution >= 0.6 is 0 Å². The minimum absolute atomic E-state index is 0.0174. The summed E-state index contributed by atoms with van der Waals surface area (Å²) in [7, 11) is 0. The molecule has 1 aliphatic heterocycles. The number of carbonyl (C=O) groups is 1. The summed E-state index contributed by atoms with van der Waals surface area (Å²) in [5, 5.41) is 18.7. The summed E-state index contributed by atoms with van der Waals surface area (Å²) < 4.78 is 0. The van der Waals surface area contributed by atoms with Crippen molar-refractivity contribution in [2.24, 2.45) is 0 Å². The Morgan fingerprint density at radius 1 is 1.21 bits per heavy atom. The monoisotopic (exact) mass is 327 g/mol. The van der Waals surface area contributed by atoms with Crippen molar-refractivity contribution in [3.05, 3.63) is 61.5 Å². The van der Waals surface area contributed by atoms with Gasteiger partial charge in [-0.1, -0.05) is 32.0 Å². The van der Waals surface area contributed by atoms with Crippen molar-refractivity contribution in [1.29, 1.82) is 0 Å². The number of allylic oxidation sites excluding steroid dienone is 1. The highest BCUT2D eigenvalue weighted by atomic mass is 16.4. The van der Waals surface area contributed by atoms with Gasteiger partial charge < -0.3 is 15.1 Å². The molecule has 0 saturated heterocycles. The number of benzene rings is 1. The van der Waals surface area contributed by atoms with Crippen LogP contribution in [0.1, 0.15) is 31.4 Å². The minimum atomic E-state index is -0.923. The van der Waals surface area contributed by atoms with Crippen LogP contribution in [-0.4, -0.2) is 22.7 Å². The molecule has 0 bridgehead atoms. The molecule has 1 heterocycles. The van der Waals surface area contributed by atoms with Crippen molar-refractivity contribution in [3.63, 3.8) is 0 Å². The van der Waals surface area contributed by atoms with Gasteiger partial charge in [0.2, 0.25) is 5.43 Å². The average molecular weight is 327 g/mol. The van der Waals surface area contributed by atoms with Gasteiger partial charge in [-0.3, -0.25) is 14.4 Å². The summed E-state index contributed by atoms with van der Waals surface area (Å²) in [6.07, 6.45) is 1.43. The Bertz CT molecular complexity index is 931. The number of carboxylic acids is 1. The van der Waals surface area contributed by atoms with E-state index in [1.165, 1.54) is 6.08 Å². The maximum atomic E-state index is 11.7. The Kier molecular flexibility index (Phi) is 3.55. The lowest BCUT2D eigenvalue weighted by Gasteiger charge is -2.27. The molecule has 0 radical (unpaired) electrons. The van der Waals surface area contributed by atoms with Crippen molar-refractivity contribution < 1.29 is 15.0 Å². The van der Waals surface area contributed by atoms with Crippen LogP contribution < -0.4 is 15.8 Å². The Labute approximate surface area is 138 Å². The van der Waals surface area contributed by atoms with Crippen LogP contribution in [0.3, 0.4) is 0 Å². The highest BCUT2D eigenvalue weighted by Gasteiger charge is 2.40. The molecule has 2 aromatic carbocycles. The lowest BCUT2D eigenvalue weighted by molar-refractivity contribution is -0.136. The zero-order valence-electron chi connectivity index (χ0n) is 13.4. The molecule has 3 rings (SSSR count). The van der Waals surface area contributed by atoms with Gasteiger partial charge in [-0.05, 0) is 17.7 Å². The molecule has 2 aromatic rings. The lowest BCUT2D eigenvalue weighted by atomic mass is 9.83. The highest BCUT2D eigenvalue weighted by molar-refractivity contribution is 5.78. The molecule has 0 fully saturated rings. The van der Waals surface area contributed by atoms with E-state index in [0.717, 1.165) is 11.3 Å². The predicted molar refractivity (Wildman–Crippen MR) is 90.1 cm³/mol. The van der Waals surface area contributed by atoms with Gasteiger partial charge in [0.25, 0.3) is 5.43 Å². The van der Waals surface area contributed by atoms with E-state index in [1.54, 1.807) is 0 Å². The first-order chi connectivity index (χ1) is 11.2. The molecule has 124 valence electrons. The summed E-state index contributed by atoms with van der Waals surface area (Å²) in [5.74, 6) is -1.45. The standard InChI is InChI=1S/C18H17NO5/c1-18(2)11-5-3-4-6-12(11)19(8-7-14(20)21)13(18)9-10-15(22)17(24)16(10)23/h3-6,9,22H,7-8H2,1-2H3,(H,20,21)/b13-9+. The molecule has 0 aliphatic carbocycles. The van der Waals surface area contributed by atoms with Gasteiger partial charge in [0.1, 0.15) is 0 Å². The number of para-hydroxylation sites is 1. The highest BCUT2D eigenvalue weighted by Crippen LogP contribution is 2.48. The van der Waals surface area contributed by atoms with Crippen molar-refractivity contribution >= 4 is 17.7 Å². The van der Waals surface area contributed by atoms with Gasteiger partial charge in [-0.25, -0.2) is 0 Å². The smallest absolute Gasteiger partial charge is 0.305 e. The van der Waals surface area contributed by atoms with E-state index in [-0.39, 0.29) is 18.5 Å². The molecule has 24 heavy (non-hydrogen) atoms. The summed E-state index contributed by atoms with van der Waals surface area (Å²) in [4.78, 5) is 35.7. The van der Waals surface area contributed by atoms with Crippen molar-refractivity contribution in [1.82, 2.24) is 0 Å². The van der Waals surface area contributed by atoms with E-state index in [9.17, 15) is 19.5 Å². The molecule has 1 aliphatic rings. The van der Waals surface area contributed by atoms with Crippen LogP contribution in [0.25, 0.3) is 6.08 Å². The molecule has 0 saturated carbocycles. The maximum absolute atomic E-state index is 11.7. The molecule has 0 atom stereocenters. The topological polar surface area (TPSA) is 94.9 Å². The number of aromatic hydroxyl groups is 1. The number of carboxylic acid groups (broad SMARTS) is 1. The molecule has 0 amide bonds. The third-order valence-electron chi connectivity index (χ3n) is 4.55. The first-order valence-electron chi connectivity index (χ1n) is 7.58. The van der Waals surface area contributed by atoms with Crippen LogP contribution in [0.5, 0.6) is 5.75 Å². The second-order valence-electron chi connectivity index (χ2n) is 6.39. The Balaban J connectivity index is 2.13. The zero-order chi connectivity index (χ0) is 17.6. The molecule has 0 unspecified atom stereocenters. The van der Waals surface area contributed by atoms with Gasteiger partial charge in [-0.2, -0.15) is 0 Å². The summed E-state index contributed by atoms with van der Waals surface area (Å²) in [5.41, 5.74) is 0.454. The first kappa shape index (κ1) is 16.0. The largest absolute Gasteiger partial charge is 0.504 e. The van der Waals surface area contributed by atoms with Crippen LogP contribution in [-0.2, 0) is 10.2 Å². The molecule has 6 nitrogen and oxygen atoms in total. The van der Waals surface area contributed by atoms with Crippen molar-refractivity contribution in [3.8, 4) is 5.75 Å². The minimum Gasteiger partial charge on any atom is -0.504 e. The fourth-order valence-electron chi connectivity index (χ4n) is 3.22. The number of rotatable bonds is 4. The molecular formula is C18H17NO5. The summed E-state index contributed by atoms with van der Waals surface area (Å²) >= 11 is 0. The number of aliphatic carboxylic acids is 1. The quantitative estimate of drug-likeness (QED) is 0.828. The fourth-order valence-corrected chi connectivity index (χ4v) is 3.22.